The van der Waals surface area contributed by atoms with Crippen molar-refractivity contribution in [2.45, 2.75) is 19.3 Å². The number of rotatable bonds is 5. The Morgan fingerprint density at radius 1 is 1.62 bits per heavy atom. The van der Waals surface area contributed by atoms with Crippen LogP contribution < -0.4 is 5.73 Å². The normalized spacial score (nSPS) is 10.2. The maximum atomic E-state index is 10.4. The van der Waals surface area contributed by atoms with Gasteiger partial charge in [-0.1, -0.05) is 0 Å². The third-order valence-electron chi connectivity index (χ3n) is 1.77. The lowest BCUT2D eigenvalue weighted by atomic mass is 10.2. The summed E-state index contributed by atoms with van der Waals surface area (Å²) in [7, 11) is 0. The van der Waals surface area contributed by atoms with Crippen molar-refractivity contribution in [1.29, 1.82) is 0 Å². The molecule has 1 aromatic heterocycles. The fourth-order valence-corrected chi connectivity index (χ4v) is 1.09. The van der Waals surface area contributed by atoms with Crippen molar-refractivity contribution in [3.05, 3.63) is 22.0 Å². The second-order valence-corrected chi connectivity index (χ2v) is 2.74. The molecule has 1 rings (SSSR count). The maximum absolute atomic E-state index is 10.4. The first-order chi connectivity index (χ1) is 6.25. The average Bonchev–Trinajstić information content (AvgIpc) is 2.53. The number of nitrogens with one attached hydrogen (secondary N) is 1. The highest BCUT2D eigenvalue weighted by Crippen LogP contribution is 2.16. The van der Waals surface area contributed by atoms with Gasteiger partial charge in [0.25, 0.3) is 0 Å². The molecule has 0 aromatic carbocycles. The van der Waals surface area contributed by atoms with Gasteiger partial charge in [0.2, 0.25) is 0 Å². The average molecular weight is 184 g/mol. The van der Waals surface area contributed by atoms with Crippen LogP contribution in [0.15, 0.2) is 6.20 Å². The Morgan fingerprint density at radius 2 is 2.38 bits per heavy atom. The van der Waals surface area contributed by atoms with Gasteiger partial charge in [0.1, 0.15) is 11.9 Å². The molecular formula is C7H12N4O2. The zero-order chi connectivity index (χ0) is 9.68. The summed E-state index contributed by atoms with van der Waals surface area (Å²) in [5.41, 5.74) is 5.95. The molecular weight excluding hydrogens is 172 g/mol. The smallest absolute Gasteiger partial charge is 0.309 e. The molecule has 0 unspecified atom stereocenters. The summed E-state index contributed by atoms with van der Waals surface area (Å²) in [5.74, 6) is 0. The Hall–Kier alpha value is -1.43. The van der Waals surface area contributed by atoms with Gasteiger partial charge >= 0.3 is 5.69 Å². The predicted molar refractivity (Wildman–Crippen MR) is 47.2 cm³/mol. The molecule has 0 amide bonds. The minimum Gasteiger partial charge on any atom is -0.330 e. The van der Waals surface area contributed by atoms with E-state index in [-0.39, 0.29) is 5.69 Å². The monoisotopic (exact) mass is 184 g/mol. The molecule has 0 saturated heterocycles. The number of nitrogens with zero attached hydrogens (tertiary/aromatic N) is 2. The number of unbranched alkanes of at least 4 members (excludes halogenated alkanes) is 1. The number of nitro groups is 1. The van der Waals surface area contributed by atoms with Gasteiger partial charge in [-0.2, -0.15) is 5.10 Å². The van der Waals surface area contributed by atoms with Gasteiger partial charge in [-0.05, 0) is 25.8 Å². The molecule has 6 nitrogen and oxygen atoms in total. The lowest BCUT2D eigenvalue weighted by molar-refractivity contribution is -0.385. The van der Waals surface area contributed by atoms with Crippen molar-refractivity contribution in [1.82, 2.24) is 10.2 Å². The van der Waals surface area contributed by atoms with Gasteiger partial charge in [-0.25, -0.2) is 0 Å². The predicted octanol–water partition coefficient (Wildman–Crippen LogP) is 0.599. The van der Waals surface area contributed by atoms with E-state index in [0.29, 0.717) is 18.7 Å². The van der Waals surface area contributed by atoms with Gasteiger partial charge in [0, 0.05) is 0 Å². The van der Waals surface area contributed by atoms with Crippen molar-refractivity contribution in [2.24, 2.45) is 5.73 Å². The molecule has 0 atom stereocenters. The second-order valence-electron chi connectivity index (χ2n) is 2.74. The minimum atomic E-state index is -0.429. The lowest BCUT2D eigenvalue weighted by Gasteiger charge is -1.95. The molecule has 13 heavy (non-hydrogen) atoms. The quantitative estimate of drug-likeness (QED) is 0.397. The number of H-pyrrole nitrogens is 1. The van der Waals surface area contributed by atoms with Crippen LogP contribution in [-0.2, 0) is 6.42 Å². The highest BCUT2D eigenvalue weighted by Gasteiger charge is 2.14. The number of aromatic amines is 1. The zero-order valence-electron chi connectivity index (χ0n) is 7.19. The van der Waals surface area contributed by atoms with E-state index in [9.17, 15) is 10.1 Å². The SMILES string of the molecule is NCCCCc1[nH]ncc1[N+](=O)[O-]. The molecule has 3 N–H and O–H groups in total. The van der Waals surface area contributed by atoms with Gasteiger partial charge in [-0.3, -0.25) is 15.2 Å². The van der Waals surface area contributed by atoms with Gasteiger partial charge in [0.15, 0.2) is 0 Å². The van der Waals surface area contributed by atoms with E-state index in [1.54, 1.807) is 0 Å². The molecule has 0 aliphatic heterocycles. The van der Waals surface area contributed by atoms with Crippen LogP contribution in [0.25, 0.3) is 0 Å². The fraction of sp³-hybridized carbons (Fsp3) is 0.571. The molecule has 0 saturated carbocycles. The summed E-state index contributed by atoms with van der Waals surface area (Å²) in [4.78, 5) is 10.0. The number of nitrogens with two attached hydrogens (primary N) is 1. The van der Waals surface area contributed by atoms with Gasteiger partial charge < -0.3 is 5.73 Å². The Balaban J connectivity index is 2.55. The van der Waals surface area contributed by atoms with E-state index in [4.69, 9.17) is 5.73 Å². The van der Waals surface area contributed by atoms with E-state index in [1.807, 2.05) is 0 Å². The lowest BCUT2D eigenvalue weighted by Crippen LogP contribution is -2.00. The highest BCUT2D eigenvalue weighted by molar-refractivity contribution is 5.31. The van der Waals surface area contributed by atoms with Crippen molar-refractivity contribution in [3.63, 3.8) is 0 Å². The first-order valence-corrected chi connectivity index (χ1v) is 4.12. The van der Waals surface area contributed by atoms with Crippen molar-refractivity contribution >= 4 is 5.69 Å². The summed E-state index contributed by atoms with van der Waals surface area (Å²) in [5, 5.41) is 16.7. The largest absolute Gasteiger partial charge is 0.330 e. The summed E-state index contributed by atoms with van der Waals surface area (Å²) >= 11 is 0. The van der Waals surface area contributed by atoms with Gasteiger partial charge in [0.05, 0.1) is 4.92 Å². The second kappa shape index (κ2) is 4.56. The molecule has 1 aromatic rings. The Kier molecular flexibility index (Phi) is 3.39. The molecule has 0 bridgehead atoms. The Morgan fingerprint density at radius 3 is 3.00 bits per heavy atom. The van der Waals surface area contributed by atoms with Crippen LogP contribution in [0.4, 0.5) is 5.69 Å². The third-order valence-corrected chi connectivity index (χ3v) is 1.77. The fourth-order valence-electron chi connectivity index (χ4n) is 1.09. The molecule has 6 heteroatoms. The zero-order valence-corrected chi connectivity index (χ0v) is 7.19. The molecule has 0 spiro atoms. The van der Waals surface area contributed by atoms with E-state index >= 15 is 0 Å². The number of hydrogen-bond donors (Lipinski definition) is 2. The van der Waals surface area contributed by atoms with Crippen LogP contribution in [0, 0.1) is 10.1 Å². The van der Waals surface area contributed by atoms with E-state index in [2.05, 4.69) is 10.2 Å². The molecule has 0 aliphatic carbocycles. The van der Waals surface area contributed by atoms with E-state index in [1.165, 1.54) is 6.20 Å². The molecule has 0 fully saturated rings. The van der Waals surface area contributed by atoms with Crippen LogP contribution in [0.3, 0.4) is 0 Å². The summed E-state index contributed by atoms with van der Waals surface area (Å²) in [6.07, 6.45) is 3.58. The van der Waals surface area contributed by atoms with Crippen molar-refractivity contribution in [2.75, 3.05) is 6.54 Å². The molecule has 1 heterocycles. The topological polar surface area (TPSA) is 97.8 Å². The first kappa shape index (κ1) is 9.66. The highest BCUT2D eigenvalue weighted by atomic mass is 16.6. The summed E-state index contributed by atoms with van der Waals surface area (Å²) in [6, 6.07) is 0. The first-order valence-electron chi connectivity index (χ1n) is 4.12. The van der Waals surface area contributed by atoms with Crippen LogP contribution in [0.1, 0.15) is 18.5 Å². The number of hydrogen-bond acceptors (Lipinski definition) is 4. The molecule has 0 radical (unpaired) electrons. The summed E-state index contributed by atoms with van der Waals surface area (Å²) in [6.45, 7) is 0.613. The third kappa shape index (κ3) is 2.51. The molecule has 72 valence electrons. The van der Waals surface area contributed by atoms with Crippen LogP contribution in [0.2, 0.25) is 0 Å². The van der Waals surface area contributed by atoms with Crippen LogP contribution in [-0.4, -0.2) is 21.7 Å². The Bertz CT molecular complexity index is 284. The summed E-state index contributed by atoms with van der Waals surface area (Å²) < 4.78 is 0. The number of aryl methyl sites for hydroxylation is 1. The van der Waals surface area contributed by atoms with Crippen LogP contribution in [0.5, 0.6) is 0 Å². The van der Waals surface area contributed by atoms with Crippen LogP contribution >= 0.6 is 0 Å². The van der Waals surface area contributed by atoms with Gasteiger partial charge in [-0.15, -0.1) is 0 Å². The van der Waals surface area contributed by atoms with Crippen molar-refractivity contribution in [3.8, 4) is 0 Å². The van der Waals surface area contributed by atoms with Crippen molar-refractivity contribution < 1.29 is 4.92 Å². The standard InChI is InChI=1S/C7H12N4O2/c8-4-2-1-3-6-7(11(12)13)5-9-10-6/h5H,1-4,8H2,(H,9,10). The maximum Gasteiger partial charge on any atom is 0.309 e. The minimum absolute atomic E-state index is 0.0667. The van der Waals surface area contributed by atoms with E-state index < -0.39 is 4.92 Å². The number of aromatic nitrogens is 2. The van der Waals surface area contributed by atoms with E-state index in [0.717, 1.165) is 12.8 Å². The Labute approximate surface area is 75.3 Å². The molecule has 0 aliphatic rings.